The molecule has 30 heavy (non-hydrogen) atoms. The van der Waals surface area contributed by atoms with E-state index in [0.717, 1.165) is 28.0 Å². The molecule has 0 atom stereocenters. The van der Waals surface area contributed by atoms with Crippen LogP contribution in [0.25, 0.3) is 28.4 Å². The Hall–Kier alpha value is -4.13. The monoisotopic (exact) mass is 398 g/mol. The first-order valence-electron chi connectivity index (χ1n) is 9.46. The Kier molecular flexibility index (Phi) is 4.21. The summed E-state index contributed by atoms with van der Waals surface area (Å²) in [7, 11) is 0. The summed E-state index contributed by atoms with van der Waals surface area (Å²) in [6.45, 7) is 3.96. The molecule has 0 saturated heterocycles. The van der Waals surface area contributed by atoms with Gasteiger partial charge in [-0.25, -0.2) is 4.98 Å². The standard InChI is InChI=1S/C23H18N4O3/c1-14-7-8-16(19-13-27-9-3-5-15(2)22(27)24-19)11-17(14)25-23(28)18-12-21(30-26-18)20-6-4-10-29-20/h3-13H,1-2H3,(H,25,28). The molecule has 4 aromatic heterocycles. The molecule has 5 rings (SSSR count). The molecule has 0 aliphatic rings. The second-order valence-electron chi connectivity index (χ2n) is 7.09. The number of nitrogens with one attached hydrogen (secondary N) is 1. The van der Waals surface area contributed by atoms with Gasteiger partial charge in [0.05, 0.1) is 12.0 Å². The minimum atomic E-state index is -0.359. The molecule has 7 nitrogen and oxygen atoms in total. The second-order valence-corrected chi connectivity index (χ2v) is 7.09. The summed E-state index contributed by atoms with van der Waals surface area (Å²) in [4.78, 5) is 17.4. The van der Waals surface area contributed by atoms with E-state index in [1.807, 2.05) is 61.0 Å². The van der Waals surface area contributed by atoms with E-state index in [4.69, 9.17) is 13.9 Å². The normalized spacial score (nSPS) is 11.1. The van der Waals surface area contributed by atoms with Crippen LogP contribution in [0.3, 0.4) is 0 Å². The maximum absolute atomic E-state index is 12.7. The molecule has 1 N–H and O–H groups in total. The van der Waals surface area contributed by atoms with Gasteiger partial charge in [-0.3, -0.25) is 4.79 Å². The lowest BCUT2D eigenvalue weighted by Gasteiger charge is -2.08. The summed E-state index contributed by atoms with van der Waals surface area (Å²) in [5.41, 5.74) is 5.55. The van der Waals surface area contributed by atoms with Crippen LogP contribution >= 0.6 is 0 Å². The van der Waals surface area contributed by atoms with Crippen molar-refractivity contribution in [3.63, 3.8) is 0 Å². The Bertz CT molecular complexity index is 1360. The number of benzene rings is 1. The summed E-state index contributed by atoms with van der Waals surface area (Å²) in [6, 6.07) is 14.9. The zero-order chi connectivity index (χ0) is 20.7. The molecule has 0 fully saturated rings. The van der Waals surface area contributed by atoms with Crippen LogP contribution in [0.1, 0.15) is 21.6 Å². The van der Waals surface area contributed by atoms with E-state index in [1.165, 1.54) is 6.26 Å². The van der Waals surface area contributed by atoms with E-state index in [-0.39, 0.29) is 11.6 Å². The smallest absolute Gasteiger partial charge is 0.277 e. The molecule has 0 aliphatic heterocycles. The third-order valence-electron chi connectivity index (χ3n) is 4.97. The fraction of sp³-hybridized carbons (Fsp3) is 0.0870. The second kappa shape index (κ2) is 7.04. The molecular formula is C23H18N4O3. The number of pyridine rings is 1. The summed E-state index contributed by atoms with van der Waals surface area (Å²) >= 11 is 0. The SMILES string of the molecule is Cc1ccc(-c2cn3cccc(C)c3n2)cc1NC(=O)c1cc(-c2ccco2)on1. The van der Waals surface area contributed by atoms with Crippen molar-refractivity contribution in [3.8, 4) is 22.8 Å². The maximum Gasteiger partial charge on any atom is 0.277 e. The van der Waals surface area contributed by atoms with Crippen molar-refractivity contribution in [2.24, 2.45) is 0 Å². The molecule has 0 radical (unpaired) electrons. The molecule has 4 heterocycles. The summed E-state index contributed by atoms with van der Waals surface area (Å²) in [6.07, 6.45) is 5.48. The topological polar surface area (TPSA) is 85.6 Å². The van der Waals surface area contributed by atoms with Crippen molar-refractivity contribution in [2.45, 2.75) is 13.8 Å². The lowest BCUT2D eigenvalue weighted by Crippen LogP contribution is -2.13. The summed E-state index contributed by atoms with van der Waals surface area (Å²) in [5, 5.41) is 6.77. The Labute approximate surface area is 172 Å². The van der Waals surface area contributed by atoms with Gasteiger partial charge in [0, 0.05) is 29.7 Å². The van der Waals surface area contributed by atoms with Crippen LogP contribution in [0.5, 0.6) is 0 Å². The van der Waals surface area contributed by atoms with Gasteiger partial charge in [0.2, 0.25) is 5.76 Å². The number of amides is 1. The van der Waals surface area contributed by atoms with Gasteiger partial charge in [-0.2, -0.15) is 0 Å². The van der Waals surface area contributed by atoms with Crippen LogP contribution in [0, 0.1) is 13.8 Å². The molecule has 7 heteroatoms. The van der Waals surface area contributed by atoms with Crippen molar-refractivity contribution in [1.29, 1.82) is 0 Å². The van der Waals surface area contributed by atoms with Gasteiger partial charge in [-0.1, -0.05) is 23.4 Å². The minimum Gasteiger partial charge on any atom is -0.461 e. The molecule has 0 spiro atoms. The number of furan rings is 1. The number of aryl methyl sites for hydroxylation is 2. The fourth-order valence-electron chi connectivity index (χ4n) is 3.31. The predicted octanol–water partition coefficient (Wildman–Crippen LogP) is 5.12. The first-order valence-corrected chi connectivity index (χ1v) is 9.46. The van der Waals surface area contributed by atoms with Crippen molar-refractivity contribution >= 4 is 17.2 Å². The zero-order valence-corrected chi connectivity index (χ0v) is 16.4. The van der Waals surface area contributed by atoms with Gasteiger partial charge in [-0.05, 0) is 49.2 Å². The van der Waals surface area contributed by atoms with Crippen LogP contribution in [-0.4, -0.2) is 20.4 Å². The lowest BCUT2D eigenvalue weighted by molar-refractivity contribution is 0.101. The number of hydrogen-bond acceptors (Lipinski definition) is 5. The molecule has 5 aromatic rings. The van der Waals surface area contributed by atoms with Crippen LogP contribution in [0.2, 0.25) is 0 Å². The number of imidazole rings is 1. The van der Waals surface area contributed by atoms with Gasteiger partial charge >= 0.3 is 0 Å². The van der Waals surface area contributed by atoms with Crippen molar-refractivity contribution in [3.05, 3.63) is 84.0 Å². The quantitative estimate of drug-likeness (QED) is 0.454. The zero-order valence-electron chi connectivity index (χ0n) is 16.4. The van der Waals surface area contributed by atoms with Gasteiger partial charge in [0.15, 0.2) is 11.5 Å². The third-order valence-corrected chi connectivity index (χ3v) is 4.97. The number of nitrogens with zero attached hydrogens (tertiary/aromatic N) is 3. The van der Waals surface area contributed by atoms with E-state index in [0.29, 0.717) is 17.2 Å². The first kappa shape index (κ1) is 17.9. The Morgan fingerprint density at radius 2 is 1.93 bits per heavy atom. The number of rotatable bonds is 4. The van der Waals surface area contributed by atoms with E-state index in [1.54, 1.807) is 18.2 Å². The largest absolute Gasteiger partial charge is 0.461 e. The summed E-state index contributed by atoms with van der Waals surface area (Å²) < 4.78 is 12.5. The number of carbonyl (C=O) groups excluding carboxylic acids is 1. The number of hydrogen-bond donors (Lipinski definition) is 1. The van der Waals surface area contributed by atoms with Gasteiger partial charge in [0.25, 0.3) is 5.91 Å². The van der Waals surface area contributed by atoms with E-state index < -0.39 is 0 Å². The van der Waals surface area contributed by atoms with Gasteiger partial charge < -0.3 is 18.7 Å². The molecule has 0 unspecified atom stereocenters. The lowest BCUT2D eigenvalue weighted by atomic mass is 10.1. The number of fused-ring (bicyclic) bond motifs is 1. The molecule has 1 amide bonds. The van der Waals surface area contributed by atoms with Crippen LogP contribution in [0.15, 0.2) is 76.1 Å². The van der Waals surface area contributed by atoms with Crippen molar-refractivity contribution in [2.75, 3.05) is 5.32 Å². The fourth-order valence-corrected chi connectivity index (χ4v) is 3.31. The Morgan fingerprint density at radius 3 is 2.73 bits per heavy atom. The highest BCUT2D eigenvalue weighted by atomic mass is 16.5. The van der Waals surface area contributed by atoms with Crippen LogP contribution < -0.4 is 5.32 Å². The van der Waals surface area contributed by atoms with Gasteiger partial charge in [0.1, 0.15) is 5.65 Å². The molecule has 0 aliphatic carbocycles. The predicted molar refractivity (Wildman–Crippen MR) is 112 cm³/mol. The highest BCUT2D eigenvalue weighted by molar-refractivity contribution is 6.04. The maximum atomic E-state index is 12.7. The molecular weight excluding hydrogens is 380 g/mol. The Morgan fingerprint density at radius 1 is 1.03 bits per heavy atom. The average molecular weight is 398 g/mol. The molecule has 1 aromatic carbocycles. The molecule has 0 saturated carbocycles. The number of aromatic nitrogens is 3. The first-order chi connectivity index (χ1) is 14.6. The highest BCUT2D eigenvalue weighted by Crippen LogP contribution is 2.27. The minimum absolute atomic E-state index is 0.176. The van der Waals surface area contributed by atoms with E-state index in [9.17, 15) is 4.79 Å². The van der Waals surface area contributed by atoms with Crippen molar-refractivity contribution < 1.29 is 13.7 Å². The third kappa shape index (κ3) is 3.16. The van der Waals surface area contributed by atoms with Gasteiger partial charge in [-0.15, -0.1) is 0 Å². The van der Waals surface area contributed by atoms with E-state index in [2.05, 4.69) is 10.5 Å². The average Bonchev–Trinajstić information content (AvgIpc) is 3.49. The highest BCUT2D eigenvalue weighted by Gasteiger charge is 2.17. The Balaban J connectivity index is 1.43. The van der Waals surface area contributed by atoms with Crippen LogP contribution in [0.4, 0.5) is 5.69 Å². The van der Waals surface area contributed by atoms with Crippen molar-refractivity contribution in [1.82, 2.24) is 14.5 Å². The van der Waals surface area contributed by atoms with E-state index >= 15 is 0 Å². The summed E-state index contributed by atoms with van der Waals surface area (Å²) in [5.74, 6) is 0.556. The van der Waals surface area contributed by atoms with Crippen LogP contribution in [-0.2, 0) is 0 Å². The molecule has 148 valence electrons. The number of carbonyl (C=O) groups is 1. The molecule has 0 bridgehead atoms. The number of anilines is 1.